The molecule has 74 valence electrons. The molecule has 0 amide bonds. The van der Waals surface area contributed by atoms with Crippen molar-refractivity contribution >= 4 is 19.9 Å². The highest BCUT2D eigenvalue weighted by atomic mass is 35.7. The Kier molecular flexibility index (Phi) is 5.13. The van der Waals surface area contributed by atoms with Gasteiger partial charge in [-0.3, -0.25) is 0 Å². The second kappa shape index (κ2) is 5.04. The highest BCUT2D eigenvalue weighted by Crippen LogP contribution is 2.11. The average molecular weight is 214 g/mol. The Labute approximate surface area is 79.3 Å². The van der Waals surface area contributed by atoms with Crippen LogP contribution in [0.1, 0.15) is 27.2 Å². The van der Waals surface area contributed by atoms with Gasteiger partial charge in [-0.1, -0.05) is 27.2 Å². The molecule has 0 aromatic rings. The summed E-state index contributed by atoms with van der Waals surface area (Å²) in [7, 11) is 1.68. The van der Waals surface area contributed by atoms with Gasteiger partial charge in [0.25, 0.3) is 9.24 Å². The maximum atomic E-state index is 10.9. The molecule has 0 aliphatic carbocycles. The molecule has 0 N–H and O–H groups in total. The van der Waals surface area contributed by atoms with Crippen molar-refractivity contribution in [1.29, 1.82) is 0 Å². The van der Waals surface area contributed by atoms with Crippen molar-refractivity contribution in [3.8, 4) is 0 Å². The van der Waals surface area contributed by atoms with Crippen LogP contribution >= 0.6 is 10.7 Å². The highest BCUT2D eigenvalue weighted by Gasteiger charge is 2.18. The quantitative estimate of drug-likeness (QED) is 0.654. The van der Waals surface area contributed by atoms with Crippen LogP contribution in [0, 0.1) is 5.92 Å². The van der Waals surface area contributed by atoms with Crippen molar-refractivity contribution in [1.82, 2.24) is 4.31 Å². The Hall–Kier alpha value is 0.200. The second-order valence-electron chi connectivity index (χ2n) is 2.91. The van der Waals surface area contributed by atoms with Gasteiger partial charge in [0.15, 0.2) is 0 Å². The van der Waals surface area contributed by atoms with E-state index in [1.807, 2.05) is 13.8 Å². The number of halogens is 1. The van der Waals surface area contributed by atoms with E-state index in [-0.39, 0.29) is 0 Å². The Balaban J connectivity index is 4.20. The molecule has 0 spiro atoms. The summed E-state index contributed by atoms with van der Waals surface area (Å²) in [6.07, 6.45) is 0.961. The van der Waals surface area contributed by atoms with Crippen LogP contribution in [-0.4, -0.2) is 25.8 Å². The third-order valence-corrected chi connectivity index (χ3v) is 3.48. The van der Waals surface area contributed by atoms with Gasteiger partial charge in [-0.2, -0.15) is 12.7 Å². The summed E-state index contributed by atoms with van der Waals surface area (Å²) < 4.78 is 23.1. The fraction of sp³-hybridized carbons (Fsp3) is 1.00. The molecule has 0 aliphatic rings. The Morgan fingerprint density at radius 1 is 1.42 bits per heavy atom. The van der Waals surface area contributed by atoms with Gasteiger partial charge in [0.1, 0.15) is 0 Å². The summed E-state index contributed by atoms with van der Waals surface area (Å²) in [6.45, 7) is 6.77. The van der Waals surface area contributed by atoms with Gasteiger partial charge in [-0.25, -0.2) is 0 Å². The molecular formula is C7H16ClNO2S. The molecule has 0 aromatic heterocycles. The van der Waals surface area contributed by atoms with Gasteiger partial charge < -0.3 is 0 Å². The molecule has 12 heavy (non-hydrogen) atoms. The largest absolute Gasteiger partial charge is 0.299 e. The summed E-state index contributed by atoms with van der Waals surface area (Å²) in [5, 5.41) is 0. The third kappa shape index (κ3) is 4.28. The molecule has 0 rings (SSSR count). The summed E-state index contributed by atoms with van der Waals surface area (Å²) in [4.78, 5) is 0. The van der Waals surface area contributed by atoms with E-state index in [0.29, 0.717) is 19.0 Å². The second-order valence-corrected chi connectivity index (χ2v) is 5.42. The van der Waals surface area contributed by atoms with E-state index in [4.69, 9.17) is 10.7 Å². The van der Waals surface area contributed by atoms with E-state index in [1.165, 1.54) is 4.31 Å². The van der Waals surface area contributed by atoms with Crippen molar-refractivity contribution in [2.24, 2.45) is 5.92 Å². The van der Waals surface area contributed by atoms with Crippen LogP contribution in [0.2, 0.25) is 0 Å². The molecule has 0 heterocycles. The minimum atomic E-state index is -3.51. The molecule has 0 aromatic carbocycles. The van der Waals surface area contributed by atoms with Crippen molar-refractivity contribution in [2.75, 3.05) is 13.1 Å². The lowest BCUT2D eigenvalue weighted by Crippen LogP contribution is -2.31. The van der Waals surface area contributed by atoms with Crippen LogP contribution in [0.4, 0.5) is 0 Å². The molecule has 0 saturated carbocycles. The first kappa shape index (κ1) is 12.2. The van der Waals surface area contributed by atoms with E-state index in [9.17, 15) is 8.42 Å². The topological polar surface area (TPSA) is 37.4 Å². The molecule has 3 nitrogen and oxygen atoms in total. The molecule has 0 bridgehead atoms. The molecule has 0 radical (unpaired) electrons. The van der Waals surface area contributed by atoms with E-state index >= 15 is 0 Å². The monoisotopic (exact) mass is 213 g/mol. The summed E-state index contributed by atoms with van der Waals surface area (Å²) in [5.74, 6) is 0.360. The van der Waals surface area contributed by atoms with Crippen LogP contribution in [-0.2, 0) is 9.24 Å². The maximum absolute atomic E-state index is 10.9. The van der Waals surface area contributed by atoms with Crippen molar-refractivity contribution < 1.29 is 8.42 Å². The standard InChI is InChI=1S/C7H16ClNO2S/c1-4-7(3)6-9(5-2)12(8,10)11/h7H,4-6H2,1-3H3. The number of hydrogen-bond donors (Lipinski definition) is 0. The van der Waals surface area contributed by atoms with Crippen LogP contribution < -0.4 is 0 Å². The smallest absolute Gasteiger partial charge is 0.195 e. The van der Waals surface area contributed by atoms with Gasteiger partial charge in [-0.15, -0.1) is 0 Å². The van der Waals surface area contributed by atoms with E-state index in [1.54, 1.807) is 6.92 Å². The van der Waals surface area contributed by atoms with Gasteiger partial charge in [0.2, 0.25) is 0 Å². The summed E-state index contributed by atoms with van der Waals surface area (Å²) in [6, 6.07) is 0. The maximum Gasteiger partial charge on any atom is 0.299 e. The van der Waals surface area contributed by atoms with E-state index in [2.05, 4.69) is 0 Å². The van der Waals surface area contributed by atoms with Gasteiger partial charge >= 0.3 is 0 Å². The average Bonchev–Trinajstić information content (AvgIpc) is 1.97. The molecule has 0 saturated heterocycles. The predicted molar refractivity (Wildman–Crippen MR) is 51.5 cm³/mol. The molecule has 5 heteroatoms. The minimum Gasteiger partial charge on any atom is -0.195 e. The Morgan fingerprint density at radius 2 is 1.92 bits per heavy atom. The summed E-state index contributed by atoms with van der Waals surface area (Å²) in [5.41, 5.74) is 0. The minimum absolute atomic E-state index is 0.360. The van der Waals surface area contributed by atoms with Crippen LogP contribution in [0.3, 0.4) is 0 Å². The van der Waals surface area contributed by atoms with Crippen molar-refractivity contribution in [3.05, 3.63) is 0 Å². The predicted octanol–water partition coefficient (Wildman–Crippen LogP) is 1.84. The lowest BCUT2D eigenvalue weighted by atomic mass is 10.1. The van der Waals surface area contributed by atoms with Crippen molar-refractivity contribution in [3.63, 3.8) is 0 Å². The zero-order chi connectivity index (χ0) is 9.78. The van der Waals surface area contributed by atoms with Crippen LogP contribution in [0.5, 0.6) is 0 Å². The van der Waals surface area contributed by atoms with Gasteiger partial charge in [0.05, 0.1) is 0 Å². The molecular weight excluding hydrogens is 198 g/mol. The Morgan fingerprint density at radius 3 is 2.17 bits per heavy atom. The Bertz CT molecular complexity index is 215. The van der Waals surface area contributed by atoms with E-state index < -0.39 is 9.24 Å². The zero-order valence-corrected chi connectivity index (χ0v) is 9.32. The normalized spacial score (nSPS) is 15.1. The molecule has 0 fully saturated rings. The molecule has 0 aliphatic heterocycles. The SMILES string of the molecule is CCC(C)CN(CC)S(=O)(=O)Cl. The fourth-order valence-corrected chi connectivity index (χ4v) is 2.05. The van der Waals surface area contributed by atoms with Crippen molar-refractivity contribution in [2.45, 2.75) is 27.2 Å². The first-order valence-corrected chi connectivity index (χ1v) is 6.38. The lowest BCUT2D eigenvalue weighted by molar-refractivity contribution is 0.368. The van der Waals surface area contributed by atoms with Gasteiger partial charge in [0, 0.05) is 23.8 Å². The van der Waals surface area contributed by atoms with Gasteiger partial charge in [-0.05, 0) is 5.92 Å². The summed E-state index contributed by atoms with van der Waals surface area (Å²) >= 11 is 0. The first-order valence-electron chi connectivity index (χ1n) is 4.11. The first-order chi connectivity index (χ1) is 5.41. The number of rotatable bonds is 5. The zero-order valence-electron chi connectivity index (χ0n) is 7.75. The molecule has 1 atom stereocenters. The van der Waals surface area contributed by atoms with Crippen LogP contribution in [0.25, 0.3) is 0 Å². The highest BCUT2D eigenvalue weighted by molar-refractivity contribution is 8.11. The van der Waals surface area contributed by atoms with E-state index in [0.717, 1.165) is 6.42 Å². The fourth-order valence-electron chi connectivity index (χ4n) is 0.849. The lowest BCUT2D eigenvalue weighted by Gasteiger charge is -2.19. The van der Waals surface area contributed by atoms with Crippen LogP contribution in [0.15, 0.2) is 0 Å². The third-order valence-electron chi connectivity index (χ3n) is 1.87. The number of hydrogen-bond acceptors (Lipinski definition) is 2. The number of nitrogens with zero attached hydrogens (tertiary/aromatic N) is 1. The molecule has 1 unspecified atom stereocenters.